The van der Waals surface area contributed by atoms with Crippen molar-refractivity contribution in [1.82, 2.24) is 14.9 Å². The van der Waals surface area contributed by atoms with Gasteiger partial charge in [0, 0.05) is 31.7 Å². The molecule has 1 atom stereocenters. The minimum Gasteiger partial charge on any atom is -0.437 e. The maximum absolute atomic E-state index is 13.3. The predicted octanol–water partition coefficient (Wildman–Crippen LogP) is 4.32. The van der Waals surface area contributed by atoms with E-state index >= 15 is 0 Å². The van der Waals surface area contributed by atoms with Crippen molar-refractivity contribution in [2.24, 2.45) is 0 Å². The van der Waals surface area contributed by atoms with Gasteiger partial charge >= 0.3 is 0 Å². The number of hydrogen-bond donors (Lipinski definition) is 0. The van der Waals surface area contributed by atoms with Gasteiger partial charge in [-0.3, -0.25) is 4.79 Å². The molecule has 0 spiro atoms. The molecule has 9 heteroatoms. The molecule has 0 N–H and O–H groups in total. The maximum Gasteiger partial charge on any atom is 0.248 e. The molecule has 2 heterocycles. The second-order valence-corrected chi connectivity index (χ2v) is 8.16. The topological polar surface area (TPSA) is 67.8 Å². The Morgan fingerprint density at radius 3 is 2.73 bits per heavy atom. The first-order chi connectivity index (χ1) is 16.0. The van der Waals surface area contributed by atoms with Crippen molar-refractivity contribution in [2.75, 3.05) is 31.1 Å². The summed E-state index contributed by atoms with van der Waals surface area (Å²) in [6.07, 6.45) is 1.40. The zero-order chi connectivity index (χ0) is 23.2. The highest BCUT2D eigenvalue weighted by molar-refractivity contribution is 6.32. The Bertz CT molecular complexity index is 1100. The Morgan fingerprint density at radius 1 is 1.15 bits per heavy atom. The Labute approximate surface area is 196 Å². The molecule has 1 aliphatic rings. The van der Waals surface area contributed by atoms with Crippen LogP contribution in [0.5, 0.6) is 11.6 Å². The van der Waals surface area contributed by atoms with E-state index in [9.17, 15) is 9.18 Å². The SMILES string of the molecule is C[C@@H]1CN(c2cc(Oc3ccc(F)cc3Cl)ncn2)CCN1C(=O)COCc1ccccc1. The lowest BCUT2D eigenvalue weighted by molar-refractivity contribution is -0.139. The van der Waals surface area contributed by atoms with Crippen LogP contribution in [-0.2, 0) is 16.1 Å². The molecule has 0 saturated carbocycles. The third-order valence-corrected chi connectivity index (χ3v) is 5.64. The molecule has 7 nitrogen and oxygen atoms in total. The first kappa shape index (κ1) is 22.9. The van der Waals surface area contributed by atoms with Crippen molar-refractivity contribution in [3.05, 3.63) is 77.3 Å². The summed E-state index contributed by atoms with van der Waals surface area (Å²) in [4.78, 5) is 25.0. The van der Waals surface area contributed by atoms with Crippen molar-refractivity contribution in [2.45, 2.75) is 19.6 Å². The molecule has 4 rings (SSSR count). The number of ether oxygens (including phenoxy) is 2. The van der Waals surface area contributed by atoms with Crippen LogP contribution in [0.15, 0.2) is 60.9 Å². The monoisotopic (exact) mass is 470 g/mol. The third-order valence-electron chi connectivity index (χ3n) is 5.34. The van der Waals surface area contributed by atoms with Crippen molar-refractivity contribution in [3.8, 4) is 11.6 Å². The summed E-state index contributed by atoms with van der Waals surface area (Å²) in [5.41, 5.74) is 1.03. The van der Waals surface area contributed by atoms with Gasteiger partial charge in [-0.1, -0.05) is 41.9 Å². The highest BCUT2D eigenvalue weighted by Gasteiger charge is 2.28. The zero-order valence-electron chi connectivity index (χ0n) is 18.2. The van der Waals surface area contributed by atoms with E-state index in [-0.39, 0.29) is 23.6 Å². The van der Waals surface area contributed by atoms with Crippen LogP contribution in [0.1, 0.15) is 12.5 Å². The molecule has 0 bridgehead atoms. The second kappa shape index (κ2) is 10.6. The van der Waals surface area contributed by atoms with Crippen molar-refractivity contribution in [3.63, 3.8) is 0 Å². The lowest BCUT2D eigenvalue weighted by Gasteiger charge is -2.40. The van der Waals surface area contributed by atoms with Crippen molar-refractivity contribution in [1.29, 1.82) is 0 Å². The number of anilines is 1. The van der Waals surface area contributed by atoms with Gasteiger partial charge in [0.2, 0.25) is 11.8 Å². The van der Waals surface area contributed by atoms with Crippen LogP contribution in [0.2, 0.25) is 5.02 Å². The largest absolute Gasteiger partial charge is 0.437 e. The minimum atomic E-state index is -0.442. The van der Waals surface area contributed by atoms with Crippen LogP contribution in [0.3, 0.4) is 0 Å². The number of carbonyl (C=O) groups excluding carboxylic acids is 1. The molecule has 1 aromatic heterocycles. The van der Waals surface area contributed by atoms with E-state index in [4.69, 9.17) is 21.1 Å². The Kier molecular flexibility index (Phi) is 7.36. The van der Waals surface area contributed by atoms with Gasteiger partial charge < -0.3 is 19.3 Å². The van der Waals surface area contributed by atoms with E-state index < -0.39 is 5.82 Å². The van der Waals surface area contributed by atoms with E-state index in [0.717, 1.165) is 5.56 Å². The smallest absolute Gasteiger partial charge is 0.248 e. The first-order valence-electron chi connectivity index (χ1n) is 10.6. The summed E-state index contributed by atoms with van der Waals surface area (Å²) in [7, 11) is 0. The molecule has 0 unspecified atom stereocenters. The molecule has 3 aromatic rings. The molecule has 0 aliphatic carbocycles. The van der Waals surface area contributed by atoms with E-state index in [1.165, 1.54) is 24.5 Å². The summed E-state index contributed by atoms with van der Waals surface area (Å²) in [5.74, 6) is 0.812. The van der Waals surface area contributed by atoms with Gasteiger partial charge in [-0.05, 0) is 30.7 Å². The average molecular weight is 471 g/mol. The number of hydrogen-bond acceptors (Lipinski definition) is 6. The number of halogens is 2. The molecule has 2 aromatic carbocycles. The van der Waals surface area contributed by atoms with E-state index in [1.807, 2.05) is 42.2 Å². The fourth-order valence-corrected chi connectivity index (χ4v) is 3.88. The standard InChI is InChI=1S/C24H24ClFN4O3/c1-17-13-29(9-10-30(17)24(31)15-32-14-18-5-3-2-4-6-18)22-12-23(28-16-27-22)33-21-8-7-19(26)11-20(21)25/h2-8,11-12,16-17H,9-10,13-15H2,1H3/t17-/m1/s1. The van der Waals surface area contributed by atoms with E-state index in [0.29, 0.717) is 43.7 Å². The average Bonchev–Trinajstić information content (AvgIpc) is 2.81. The van der Waals surface area contributed by atoms with Gasteiger partial charge in [-0.25, -0.2) is 14.4 Å². The quantitative estimate of drug-likeness (QED) is 0.512. The van der Waals surface area contributed by atoms with Crippen LogP contribution in [0.4, 0.5) is 10.2 Å². The van der Waals surface area contributed by atoms with E-state index in [1.54, 1.807) is 6.07 Å². The van der Waals surface area contributed by atoms with Crippen LogP contribution in [0, 0.1) is 5.82 Å². The number of rotatable bonds is 7. The summed E-state index contributed by atoms with van der Waals surface area (Å²) < 4.78 is 24.6. The molecule has 1 fully saturated rings. The molecule has 0 radical (unpaired) electrons. The number of carbonyl (C=O) groups is 1. The number of aromatic nitrogens is 2. The van der Waals surface area contributed by atoms with Gasteiger partial charge in [0.25, 0.3) is 0 Å². The van der Waals surface area contributed by atoms with Gasteiger partial charge in [0.05, 0.1) is 11.6 Å². The van der Waals surface area contributed by atoms with Crippen LogP contribution < -0.4 is 9.64 Å². The molecule has 172 valence electrons. The van der Waals surface area contributed by atoms with Crippen LogP contribution in [-0.4, -0.2) is 53.1 Å². The fourth-order valence-electron chi connectivity index (χ4n) is 3.68. The zero-order valence-corrected chi connectivity index (χ0v) is 18.9. The van der Waals surface area contributed by atoms with Crippen molar-refractivity contribution < 1.29 is 18.7 Å². The predicted molar refractivity (Wildman–Crippen MR) is 123 cm³/mol. The molecular formula is C24H24ClFN4O3. The lowest BCUT2D eigenvalue weighted by Crippen LogP contribution is -2.55. The number of nitrogens with zero attached hydrogens (tertiary/aromatic N) is 4. The van der Waals surface area contributed by atoms with Crippen LogP contribution in [0.25, 0.3) is 0 Å². The van der Waals surface area contributed by atoms with Gasteiger partial charge in [-0.15, -0.1) is 0 Å². The number of piperazine rings is 1. The molecule has 1 saturated heterocycles. The third kappa shape index (κ3) is 5.97. The molecule has 33 heavy (non-hydrogen) atoms. The normalized spacial score (nSPS) is 16.0. The molecule has 1 amide bonds. The lowest BCUT2D eigenvalue weighted by atomic mass is 10.2. The Balaban J connectivity index is 1.32. The maximum atomic E-state index is 13.3. The van der Waals surface area contributed by atoms with Gasteiger partial charge in [0.15, 0.2) is 0 Å². The summed E-state index contributed by atoms with van der Waals surface area (Å²) in [5, 5.41) is 0.158. The first-order valence-corrected chi connectivity index (χ1v) is 11.0. The van der Waals surface area contributed by atoms with Gasteiger partial charge in [0.1, 0.15) is 30.3 Å². The minimum absolute atomic E-state index is 0.0162. The number of benzene rings is 2. The number of amides is 1. The summed E-state index contributed by atoms with van der Waals surface area (Å²) in [6.45, 7) is 4.23. The summed E-state index contributed by atoms with van der Waals surface area (Å²) in [6, 6.07) is 15.4. The highest BCUT2D eigenvalue weighted by Crippen LogP contribution is 2.30. The highest BCUT2D eigenvalue weighted by atomic mass is 35.5. The Morgan fingerprint density at radius 2 is 1.97 bits per heavy atom. The van der Waals surface area contributed by atoms with Crippen molar-refractivity contribution >= 4 is 23.3 Å². The summed E-state index contributed by atoms with van der Waals surface area (Å²) >= 11 is 6.04. The Hall–Kier alpha value is -3.23. The van der Waals surface area contributed by atoms with E-state index in [2.05, 4.69) is 14.9 Å². The molecule has 1 aliphatic heterocycles. The van der Waals surface area contributed by atoms with Crippen LogP contribution >= 0.6 is 11.6 Å². The molecular weight excluding hydrogens is 447 g/mol. The second-order valence-electron chi connectivity index (χ2n) is 7.75. The fraction of sp³-hybridized carbons (Fsp3) is 0.292. The van der Waals surface area contributed by atoms with Gasteiger partial charge in [-0.2, -0.15) is 0 Å².